The zero-order valence-electron chi connectivity index (χ0n) is 32.4. The van der Waals surface area contributed by atoms with E-state index >= 15 is 0 Å². The Kier molecular flexibility index (Phi) is 14.2. The van der Waals surface area contributed by atoms with E-state index in [0.29, 0.717) is 43.1 Å². The molecule has 4 aliphatic rings. The largest absolute Gasteiger partial charge is 0.492 e. The van der Waals surface area contributed by atoms with E-state index in [1.165, 1.54) is 12.1 Å². The lowest BCUT2D eigenvalue weighted by Crippen LogP contribution is -2.70. The summed E-state index contributed by atoms with van der Waals surface area (Å²) in [5.74, 6) is -0.833. The molecule has 1 saturated heterocycles. The molecule has 6 unspecified atom stereocenters. The highest BCUT2D eigenvalue weighted by Gasteiger charge is 2.65. The van der Waals surface area contributed by atoms with E-state index in [0.717, 1.165) is 62.2 Å². The highest BCUT2D eigenvalue weighted by atomic mass is 19.1. The number of allylic oxidation sites excluding steroid dienone is 1. The average molecular weight is 764 g/mol. The van der Waals surface area contributed by atoms with Crippen molar-refractivity contribution in [1.82, 2.24) is 9.80 Å². The molecule has 2 aromatic rings. The van der Waals surface area contributed by atoms with Gasteiger partial charge in [0.1, 0.15) is 36.6 Å². The number of unbranched alkanes of at least 4 members (excludes halogenated alkanes) is 2. The molecule has 55 heavy (non-hydrogen) atoms. The van der Waals surface area contributed by atoms with E-state index in [1.54, 1.807) is 30.0 Å². The summed E-state index contributed by atoms with van der Waals surface area (Å²) < 4.78 is 40.4. The molecule has 6 atom stereocenters. The van der Waals surface area contributed by atoms with Gasteiger partial charge >= 0.3 is 6.09 Å². The number of hydrogen-bond donors (Lipinski definition) is 2. The molecule has 6 rings (SSSR count). The highest BCUT2D eigenvalue weighted by Crippen LogP contribution is 2.62. The fourth-order valence-electron chi connectivity index (χ4n) is 8.76. The second-order valence-corrected chi connectivity index (χ2v) is 14.8. The maximum absolute atomic E-state index is 14.2. The van der Waals surface area contributed by atoms with Gasteiger partial charge in [0, 0.05) is 57.3 Å². The first-order valence-corrected chi connectivity index (χ1v) is 20.1. The van der Waals surface area contributed by atoms with Gasteiger partial charge in [-0.15, -0.1) is 6.58 Å². The number of hydrogen-bond acceptors (Lipinski definition) is 10. The smallest absolute Gasteiger partial charge is 0.410 e. The van der Waals surface area contributed by atoms with Crippen LogP contribution in [0.5, 0.6) is 11.5 Å². The summed E-state index contributed by atoms with van der Waals surface area (Å²) in [7, 11) is 0. The first-order valence-electron chi connectivity index (χ1n) is 20.1. The van der Waals surface area contributed by atoms with Gasteiger partial charge in [0.2, 0.25) is 5.79 Å². The van der Waals surface area contributed by atoms with Crippen LogP contribution >= 0.6 is 0 Å². The lowest BCUT2D eigenvalue weighted by atomic mass is 9.55. The molecule has 2 aliphatic heterocycles. The number of ether oxygens (including phenoxy) is 4. The fourth-order valence-corrected chi connectivity index (χ4v) is 8.76. The fraction of sp³-hybridized carbons (Fsp3) is 0.581. The minimum absolute atomic E-state index is 0.0846. The summed E-state index contributed by atoms with van der Waals surface area (Å²) in [5.41, 5.74) is 3.36. The van der Waals surface area contributed by atoms with E-state index in [2.05, 4.69) is 23.6 Å². The zero-order valence-corrected chi connectivity index (χ0v) is 32.4. The van der Waals surface area contributed by atoms with Crippen molar-refractivity contribution in [2.24, 2.45) is 22.9 Å². The quantitative estimate of drug-likeness (QED) is 0.0610. The number of amides is 1. The number of aliphatic hydroxyl groups is 2. The molecular weight excluding hydrogens is 705 g/mol. The van der Waals surface area contributed by atoms with E-state index in [4.69, 9.17) is 28.9 Å². The molecule has 12 heteroatoms. The van der Waals surface area contributed by atoms with Crippen LogP contribution in [-0.2, 0) is 20.9 Å². The molecular formula is C43H58FN3O8. The Morgan fingerprint density at radius 3 is 2.53 bits per heavy atom. The normalized spacial score (nSPS) is 25.9. The van der Waals surface area contributed by atoms with E-state index in [9.17, 15) is 19.4 Å². The van der Waals surface area contributed by atoms with Gasteiger partial charge in [-0.1, -0.05) is 42.3 Å². The SMILES string of the molecule is C=CCOC12Oc3ccc(OCCN4CC4)cc3C3C(CCCCO)C(CCCCO)C=C(C(=NOCC)CC1N(Cc1ccc(F)cc1)C(=O)OCC)C32. The molecule has 1 saturated carbocycles. The molecule has 2 heterocycles. The van der Waals surface area contributed by atoms with Crippen LogP contribution in [0.4, 0.5) is 9.18 Å². The van der Waals surface area contributed by atoms with Crippen molar-refractivity contribution in [1.29, 1.82) is 0 Å². The minimum Gasteiger partial charge on any atom is -0.492 e. The Hall–Kier alpha value is -3.97. The van der Waals surface area contributed by atoms with Crippen LogP contribution in [-0.4, -0.2) is 103 Å². The lowest BCUT2D eigenvalue weighted by molar-refractivity contribution is -0.256. The number of oxime groups is 1. The van der Waals surface area contributed by atoms with Gasteiger partial charge in [0.05, 0.1) is 24.8 Å². The summed E-state index contributed by atoms with van der Waals surface area (Å²) >= 11 is 0. The zero-order chi connectivity index (χ0) is 38.8. The average Bonchev–Trinajstić information content (AvgIpc) is 4.02. The van der Waals surface area contributed by atoms with Gasteiger partial charge in [-0.05, 0) is 92.8 Å². The number of carbonyl (C=O) groups excluding carboxylic acids is 1. The molecule has 0 bridgehead atoms. The van der Waals surface area contributed by atoms with Crippen LogP contribution in [0, 0.1) is 23.6 Å². The number of aliphatic hydroxyl groups excluding tert-OH is 2. The van der Waals surface area contributed by atoms with Gasteiger partial charge in [0.15, 0.2) is 0 Å². The Balaban J connectivity index is 1.56. The number of rotatable bonds is 21. The monoisotopic (exact) mass is 763 g/mol. The molecule has 11 nitrogen and oxygen atoms in total. The third-order valence-corrected chi connectivity index (χ3v) is 11.3. The maximum Gasteiger partial charge on any atom is 0.410 e. The predicted octanol–water partition coefficient (Wildman–Crippen LogP) is 6.83. The van der Waals surface area contributed by atoms with Crippen molar-refractivity contribution in [3.63, 3.8) is 0 Å². The Bertz CT molecular complexity index is 1650. The summed E-state index contributed by atoms with van der Waals surface area (Å²) in [6, 6.07) is 11.3. The van der Waals surface area contributed by atoms with E-state index in [1.807, 2.05) is 19.1 Å². The van der Waals surface area contributed by atoms with Gasteiger partial charge in [0.25, 0.3) is 0 Å². The number of carbonyl (C=O) groups is 1. The maximum atomic E-state index is 14.2. The third kappa shape index (κ3) is 9.36. The van der Waals surface area contributed by atoms with Crippen LogP contribution in [0.3, 0.4) is 0 Å². The van der Waals surface area contributed by atoms with Crippen molar-refractivity contribution in [3.8, 4) is 11.5 Å². The summed E-state index contributed by atoms with van der Waals surface area (Å²) in [5, 5.41) is 24.4. The Morgan fingerprint density at radius 1 is 1.07 bits per heavy atom. The van der Waals surface area contributed by atoms with Gasteiger partial charge in [-0.2, -0.15) is 0 Å². The van der Waals surface area contributed by atoms with E-state index < -0.39 is 23.8 Å². The first kappa shape index (κ1) is 40.7. The number of fused-ring (bicyclic) bond motifs is 2. The van der Waals surface area contributed by atoms with Crippen molar-refractivity contribution >= 4 is 11.8 Å². The van der Waals surface area contributed by atoms with Crippen LogP contribution in [0.25, 0.3) is 0 Å². The standard InChI is InChI=1S/C43H58FN3O8/c1-4-24-53-43-39(47(42(50)51-5-2)29-30-13-15-32(44)16-14-30)28-37(45-54-6-3)35-26-31(11-7-9-22-48)34(12-8-10-23-49)40(41(35)43)36-27-33(17-18-38(36)55-43)52-25-21-46-19-20-46/h4,13-18,26-27,31,34,39-41,48-49H,1,5-12,19-25,28-29H2,2-3H3. The molecule has 2 N–H and O–H groups in total. The first-order chi connectivity index (χ1) is 26.9. The minimum atomic E-state index is -1.43. The second-order valence-electron chi connectivity index (χ2n) is 14.8. The summed E-state index contributed by atoms with van der Waals surface area (Å²) in [6.07, 6.45) is 8.38. The Labute approximate surface area is 324 Å². The molecule has 2 fully saturated rings. The van der Waals surface area contributed by atoms with E-state index in [-0.39, 0.29) is 63.0 Å². The van der Waals surface area contributed by atoms with Crippen molar-refractivity contribution in [2.75, 3.05) is 59.3 Å². The van der Waals surface area contributed by atoms with Crippen LogP contribution in [0.1, 0.15) is 75.8 Å². The van der Waals surface area contributed by atoms with Crippen LogP contribution in [0.2, 0.25) is 0 Å². The number of benzene rings is 2. The summed E-state index contributed by atoms with van der Waals surface area (Å²) in [4.78, 5) is 24.0. The van der Waals surface area contributed by atoms with Gasteiger partial charge < -0.3 is 34.0 Å². The number of halogens is 1. The second kappa shape index (κ2) is 19.3. The molecule has 0 radical (unpaired) electrons. The highest BCUT2D eigenvalue weighted by molar-refractivity contribution is 6.03. The van der Waals surface area contributed by atoms with Gasteiger partial charge in [-0.3, -0.25) is 9.80 Å². The third-order valence-electron chi connectivity index (χ3n) is 11.3. The molecule has 300 valence electrons. The predicted molar refractivity (Wildman–Crippen MR) is 207 cm³/mol. The number of nitrogens with zero attached hydrogens (tertiary/aromatic N) is 3. The molecule has 0 aromatic heterocycles. The van der Waals surface area contributed by atoms with Crippen molar-refractivity contribution in [2.45, 2.75) is 83.1 Å². The van der Waals surface area contributed by atoms with Crippen LogP contribution < -0.4 is 9.47 Å². The molecule has 2 aliphatic carbocycles. The van der Waals surface area contributed by atoms with Crippen molar-refractivity contribution < 1.29 is 43.2 Å². The summed E-state index contributed by atoms with van der Waals surface area (Å²) in [6.45, 7) is 12.2. The lowest BCUT2D eigenvalue weighted by Gasteiger charge is -2.59. The molecule has 2 aromatic carbocycles. The Morgan fingerprint density at radius 2 is 1.84 bits per heavy atom. The van der Waals surface area contributed by atoms with Gasteiger partial charge in [-0.25, -0.2) is 9.18 Å². The van der Waals surface area contributed by atoms with Crippen molar-refractivity contribution in [3.05, 3.63) is 83.7 Å². The molecule has 1 amide bonds. The topological polar surface area (TPSA) is 122 Å². The van der Waals surface area contributed by atoms with Crippen LogP contribution in [0.15, 0.2) is 71.9 Å². The molecule has 0 spiro atoms.